The summed E-state index contributed by atoms with van der Waals surface area (Å²) in [7, 11) is 0. The van der Waals surface area contributed by atoms with Crippen molar-refractivity contribution in [1.29, 1.82) is 0 Å². The molecule has 1 amide bonds. The first-order valence-electron chi connectivity index (χ1n) is 13.5. The number of benzene rings is 3. The topological polar surface area (TPSA) is 102 Å². The van der Waals surface area contributed by atoms with Gasteiger partial charge in [-0.2, -0.15) is 0 Å². The summed E-state index contributed by atoms with van der Waals surface area (Å²) in [6.45, 7) is 1.94. The lowest BCUT2D eigenvalue weighted by atomic mass is 9.98. The lowest BCUT2D eigenvalue weighted by molar-refractivity contribution is -0.330. The largest absolute Gasteiger partial charge is 0.454 e. The molecule has 1 saturated heterocycles. The molecule has 3 aromatic rings. The first-order valence-corrected chi connectivity index (χ1v) is 14.6. The second kappa shape index (κ2) is 16.4. The van der Waals surface area contributed by atoms with Crippen LogP contribution in [0.1, 0.15) is 23.6 Å². The summed E-state index contributed by atoms with van der Waals surface area (Å²) in [5.41, 5.74) is 4.81. The number of rotatable bonds is 13. The number of ether oxygens (including phenoxy) is 5. The van der Waals surface area contributed by atoms with E-state index in [4.69, 9.17) is 63.3 Å². The van der Waals surface area contributed by atoms with Gasteiger partial charge in [-0.25, -0.2) is 10.3 Å². The number of hydrogen-bond acceptors (Lipinski definition) is 8. The predicted octanol–water partition coefficient (Wildman–Crippen LogP) is 5.45. The van der Waals surface area contributed by atoms with E-state index >= 15 is 0 Å². The summed E-state index contributed by atoms with van der Waals surface area (Å²) in [4.78, 5) is 30.1. The Morgan fingerprint density at radius 3 is 1.72 bits per heavy atom. The van der Waals surface area contributed by atoms with Gasteiger partial charge >= 0.3 is 5.97 Å². The van der Waals surface area contributed by atoms with Crippen LogP contribution in [0.2, 0.25) is 0 Å². The van der Waals surface area contributed by atoms with E-state index in [9.17, 15) is 9.59 Å². The molecule has 3 aromatic carbocycles. The highest BCUT2D eigenvalue weighted by Crippen LogP contribution is 2.32. The van der Waals surface area contributed by atoms with E-state index in [0.717, 1.165) is 16.7 Å². The van der Waals surface area contributed by atoms with Gasteiger partial charge in [0.25, 0.3) is 9.70 Å². The van der Waals surface area contributed by atoms with Crippen molar-refractivity contribution in [2.24, 2.45) is 0 Å². The number of halogens is 3. The van der Waals surface area contributed by atoms with Gasteiger partial charge in [0.05, 0.1) is 26.4 Å². The number of amides is 1. The average molecular weight is 653 g/mol. The van der Waals surface area contributed by atoms with Crippen molar-refractivity contribution in [1.82, 2.24) is 5.48 Å². The molecule has 9 nitrogen and oxygen atoms in total. The number of carbonyl (C=O) groups is 2. The fourth-order valence-corrected chi connectivity index (χ4v) is 4.50. The Morgan fingerprint density at radius 1 is 0.744 bits per heavy atom. The smallest absolute Gasteiger partial charge is 0.303 e. The third-order valence-corrected chi connectivity index (χ3v) is 6.90. The zero-order chi connectivity index (χ0) is 30.7. The van der Waals surface area contributed by atoms with Gasteiger partial charge in [0.2, 0.25) is 6.29 Å². The Kier molecular flexibility index (Phi) is 12.6. The zero-order valence-corrected chi connectivity index (χ0v) is 25.5. The molecule has 1 fully saturated rings. The highest BCUT2D eigenvalue weighted by atomic mass is 35.6. The lowest BCUT2D eigenvalue weighted by Crippen LogP contribution is -2.63. The van der Waals surface area contributed by atoms with E-state index in [1.165, 1.54) is 6.92 Å². The van der Waals surface area contributed by atoms with Gasteiger partial charge in [-0.3, -0.25) is 9.59 Å². The Labute approximate surface area is 265 Å². The quantitative estimate of drug-likeness (QED) is 0.148. The van der Waals surface area contributed by atoms with Crippen molar-refractivity contribution in [3.05, 3.63) is 108 Å². The molecule has 5 atom stereocenters. The summed E-state index contributed by atoms with van der Waals surface area (Å²) < 4.78 is 28.3. The molecule has 230 valence electrons. The van der Waals surface area contributed by atoms with E-state index < -0.39 is 46.4 Å². The lowest BCUT2D eigenvalue weighted by Gasteiger charge is -2.45. The zero-order valence-electron chi connectivity index (χ0n) is 23.3. The monoisotopic (exact) mass is 651 g/mol. The molecule has 1 aliphatic rings. The molecule has 0 spiro atoms. The number of alkyl halides is 3. The SMILES string of the molecule is CC(=O)O[C@@H]1[C@@H](ONC(=O)C(Cl)(Cl)Cl)O[C@H](COCc2ccccc2)[C@@H](OCc2ccccc2)[C@@H]1OCc1ccccc1. The van der Waals surface area contributed by atoms with Gasteiger partial charge in [0.15, 0.2) is 6.10 Å². The van der Waals surface area contributed by atoms with Crippen LogP contribution in [0.5, 0.6) is 0 Å². The Morgan fingerprint density at radius 2 is 1.23 bits per heavy atom. The first-order chi connectivity index (χ1) is 20.7. The van der Waals surface area contributed by atoms with Crippen LogP contribution in [0.15, 0.2) is 91.0 Å². The number of esters is 1. The fourth-order valence-electron chi connectivity index (χ4n) is 4.39. The standard InChI is InChI=1S/C31H32Cl3NO8/c1-21(36)41-28-27(40-19-24-15-9-4-10-16-24)26(39-18-23-13-7-3-8-14-23)25(20-38-17-22-11-5-2-6-12-22)42-29(28)43-35-30(37)31(32,33)34/h2-16,25-29H,17-20H2,1H3,(H,35,37)/t25-,26-,27+,28+,29-/m1/s1. The average Bonchev–Trinajstić information content (AvgIpc) is 3.00. The predicted molar refractivity (Wildman–Crippen MR) is 160 cm³/mol. The minimum atomic E-state index is -2.31. The maximum absolute atomic E-state index is 12.3. The Hall–Kier alpha value is -2.73. The fraction of sp³-hybridized carbons (Fsp3) is 0.355. The van der Waals surface area contributed by atoms with Crippen molar-refractivity contribution in [3.8, 4) is 0 Å². The maximum atomic E-state index is 12.3. The molecule has 4 rings (SSSR count). The number of hydrogen-bond donors (Lipinski definition) is 1. The number of carbonyl (C=O) groups excluding carboxylic acids is 2. The van der Waals surface area contributed by atoms with Crippen LogP contribution in [0.25, 0.3) is 0 Å². The molecule has 1 aliphatic heterocycles. The van der Waals surface area contributed by atoms with Crippen LogP contribution in [0.4, 0.5) is 0 Å². The van der Waals surface area contributed by atoms with Crippen molar-refractivity contribution in [2.45, 2.75) is 61.2 Å². The van der Waals surface area contributed by atoms with Crippen LogP contribution >= 0.6 is 34.8 Å². The Balaban J connectivity index is 1.62. The van der Waals surface area contributed by atoms with Crippen molar-refractivity contribution in [2.75, 3.05) is 6.61 Å². The van der Waals surface area contributed by atoms with Crippen LogP contribution in [-0.2, 0) is 57.9 Å². The number of hydroxylamine groups is 1. The van der Waals surface area contributed by atoms with E-state index in [0.29, 0.717) is 6.61 Å². The van der Waals surface area contributed by atoms with Crippen molar-refractivity contribution < 1.29 is 38.1 Å². The molecule has 0 radical (unpaired) electrons. The molecule has 0 unspecified atom stereocenters. The molecule has 0 aromatic heterocycles. The molecule has 1 heterocycles. The van der Waals surface area contributed by atoms with Gasteiger partial charge in [-0.05, 0) is 16.7 Å². The third kappa shape index (κ3) is 10.4. The van der Waals surface area contributed by atoms with Crippen LogP contribution in [0.3, 0.4) is 0 Å². The molecule has 43 heavy (non-hydrogen) atoms. The summed E-state index contributed by atoms with van der Waals surface area (Å²) in [6, 6.07) is 28.6. The molecule has 12 heteroatoms. The van der Waals surface area contributed by atoms with Crippen molar-refractivity contribution in [3.63, 3.8) is 0 Å². The van der Waals surface area contributed by atoms with Gasteiger partial charge < -0.3 is 23.7 Å². The molecule has 1 N–H and O–H groups in total. The minimum absolute atomic E-state index is 0.0462. The second-order valence-electron chi connectivity index (χ2n) is 9.69. The van der Waals surface area contributed by atoms with Gasteiger partial charge in [0, 0.05) is 6.92 Å². The third-order valence-electron chi connectivity index (χ3n) is 6.38. The van der Waals surface area contributed by atoms with Crippen LogP contribution in [-0.4, -0.2) is 53.0 Å². The highest BCUT2D eigenvalue weighted by molar-refractivity contribution is 6.76. The Bertz CT molecular complexity index is 1280. The summed E-state index contributed by atoms with van der Waals surface area (Å²) in [6.07, 6.45) is -5.09. The van der Waals surface area contributed by atoms with E-state index in [2.05, 4.69) is 5.48 Å². The molecule has 0 aliphatic carbocycles. The molecular formula is C31H32Cl3NO8. The second-order valence-corrected chi connectivity index (χ2v) is 12.0. The molecule has 0 saturated carbocycles. The van der Waals surface area contributed by atoms with Crippen LogP contribution < -0.4 is 5.48 Å². The van der Waals surface area contributed by atoms with Gasteiger partial charge in [0.1, 0.15) is 18.3 Å². The van der Waals surface area contributed by atoms with Crippen LogP contribution in [0, 0.1) is 0 Å². The number of nitrogens with one attached hydrogen (secondary N) is 1. The molecular weight excluding hydrogens is 621 g/mol. The summed E-state index contributed by atoms with van der Waals surface area (Å²) in [5.74, 6) is -1.70. The van der Waals surface area contributed by atoms with E-state index in [1.54, 1.807) is 0 Å². The van der Waals surface area contributed by atoms with Gasteiger partial charge in [-0.1, -0.05) is 126 Å². The summed E-state index contributed by atoms with van der Waals surface area (Å²) >= 11 is 17.1. The maximum Gasteiger partial charge on any atom is 0.303 e. The van der Waals surface area contributed by atoms with E-state index in [1.807, 2.05) is 91.0 Å². The molecule has 0 bridgehead atoms. The van der Waals surface area contributed by atoms with Gasteiger partial charge in [-0.15, -0.1) is 0 Å². The van der Waals surface area contributed by atoms with Crippen molar-refractivity contribution >= 4 is 46.7 Å². The minimum Gasteiger partial charge on any atom is -0.454 e. The first kappa shape index (κ1) is 33.2. The highest BCUT2D eigenvalue weighted by Gasteiger charge is 2.51. The summed E-state index contributed by atoms with van der Waals surface area (Å²) in [5, 5.41) is 0. The van der Waals surface area contributed by atoms with E-state index in [-0.39, 0.29) is 19.8 Å². The normalized spacial score (nSPS) is 22.1.